The Morgan fingerprint density at radius 3 is 2.73 bits per heavy atom. The van der Waals surface area contributed by atoms with Gasteiger partial charge in [-0.15, -0.1) is 6.42 Å². The van der Waals surface area contributed by atoms with Gasteiger partial charge in [-0.25, -0.2) is 8.78 Å². The van der Waals surface area contributed by atoms with Gasteiger partial charge in [0.2, 0.25) is 0 Å². The number of aromatic nitrogens is 3. The first kappa shape index (κ1) is 30.7. The Morgan fingerprint density at radius 1 is 1.13 bits per heavy atom. The van der Waals surface area contributed by atoms with Gasteiger partial charge in [0.25, 0.3) is 6.08 Å². The molecule has 4 aromatic rings. The van der Waals surface area contributed by atoms with Gasteiger partial charge < -0.3 is 14.4 Å². The summed E-state index contributed by atoms with van der Waals surface area (Å²) >= 11 is 0. The molecule has 3 aliphatic rings. The molecule has 0 N–H and O–H groups in total. The zero-order valence-electron chi connectivity index (χ0n) is 25.1. The molecule has 7 rings (SSSR count). The molecule has 0 aliphatic carbocycles. The Kier molecular flexibility index (Phi) is 8.88. The molecule has 0 spiro atoms. The van der Waals surface area contributed by atoms with Crippen LogP contribution in [0.3, 0.4) is 0 Å². The van der Waals surface area contributed by atoms with Crippen molar-refractivity contribution in [3.8, 4) is 29.6 Å². The van der Waals surface area contributed by atoms with Crippen LogP contribution in [0.5, 0.6) is 6.01 Å². The largest absolute Gasteiger partial charge is 0.467 e. The molecule has 0 amide bonds. The third kappa shape index (κ3) is 6.04. The second-order valence-electron chi connectivity index (χ2n) is 11.6. The zero-order chi connectivity index (χ0) is 31.7. The fraction of sp³-hybridized carbons (Fsp3) is 0.382. The fourth-order valence-corrected chi connectivity index (χ4v) is 6.47. The molecule has 3 aliphatic heterocycles. The first-order valence-corrected chi connectivity index (χ1v) is 15.0. The van der Waals surface area contributed by atoms with Crippen LogP contribution in [0.4, 0.5) is 23.4 Å². The average molecular weight is 620 g/mol. The molecule has 234 valence electrons. The Balaban J connectivity index is 0.000000272. The summed E-state index contributed by atoms with van der Waals surface area (Å²) in [5, 5.41) is 1.57. The summed E-state index contributed by atoms with van der Waals surface area (Å²) in [7, 11) is 1.44. The summed E-state index contributed by atoms with van der Waals surface area (Å²) in [6.07, 6.45) is 8.61. The van der Waals surface area contributed by atoms with E-state index in [1.165, 1.54) is 19.6 Å². The van der Waals surface area contributed by atoms with Crippen LogP contribution in [0.1, 0.15) is 31.7 Å². The van der Waals surface area contributed by atoms with Gasteiger partial charge in [-0.2, -0.15) is 18.7 Å². The summed E-state index contributed by atoms with van der Waals surface area (Å²) in [6.45, 7) is 6.07. The Labute approximate surface area is 258 Å². The molecule has 7 nitrogen and oxygen atoms in total. The van der Waals surface area contributed by atoms with Gasteiger partial charge in [-0.1, -0.05) is 37.1 Å². The standard InChI is InChI=1S/C26H22F2N4O2.C8H11F2N/c1-4-17-20(27)9-8-16-6-5-7-18(21(16)17)23-22(28)24-19(12-29-23)25(31-26(30-24)33-3)32-10-11-34-14-15(2)13-32;9-8(10)6-4-7-2-1-3-11(7)5-6/h1,5-9,12,15H,10-11,13-14H2,2-3H3;7H,1-5H2. The zero-order valence-corrected chi connectivity index (χ0v) is 25.1. The minimum atomic E-state index is -1.44. The maximum atomic E-state index is 16.0. The minimum Gasteiger partial charge on any atom is -0.467 e. The molecule has 2 atom stereocenters. The van der Waals surface area contributed by atoms with Crippen molar-refractivity contribution in [2.24, 2.45) is 5.92 Å². The SMILES string of the molecule is C#Cc1c(F)ccc2cccc(-c3ncc4c(N5CCOCC(C)C5)nc(OC)nc4c3F)c12.FC(F)=C1CC2CCCN2C1. The molecule has 0 bridgehead atoms. The number of benzene rings is 2. The van der Waals surface area contributed by atoms with E-state index in [-0.39, 0.29) is 28.7 Å². The van der Waals surface area contributed by atoms with E-state index in [0.717, 1.165) is 13.0 Å². The van der Waals surface area contributed by atoms with Gasteiger partial charge >= 0.3 is 6.01 Å². The van der Waals surface area contributed by atoms with E-state index in [9.17, 15) is 13.2 Å². The van der Waals surface area contributed by atoms with E-state index in [0.29, 0.717) is 78.4 Å². The minimum absolute atomic E-state index is 0.0273. The molecule has 45 heavy (non-hydrogen) atoms. The monoisotopic (exact) mass is 619 g/mol. The normalized spacial score (nSPS) is 20.0. The van der Waals surface area contributed by atoms with Crippen LogP contribution >= 0.6 is 0 Å². The number of hydrogen-bond acceptors (Lipinski definition) is 7. The van der Waals surface area contributed by atoms with Gasteiger partial charge in [-0.3, -0.25) is 9.88 Å². The highest BCUT2D eigenvalue weighted by molar-refractivity contribution is 6.02. The maximum absolute atomic E-state index is 16.0. The van der Waals surface area contributed by atoms with Crippen LogP contribution in [0.15, 0.2) is 48.2 Å². The Bertz CT molecular complexity index is 1810. The molecule has 2 unspecified atom stereocenters. The summed E-state index contributed by atoms with van der Waals surface area (Å²) in [4.78, 5) is 17.4. The highest BCUT2D eigenvalue weighted by atomic mass is 19.3. The summed E-state index contributed by atoms with van der Waals surface area (Å²) in [6, 6.07) is 8.63. The lowest BCUT2D eigenvalue weighted by molar-refractivity contribution is 0.129. The number of halogens is 4. The fourth-order valence-electron chi connectivity index (χ4n) is 6.47. The highest BCUT2D eigenvalue weighted by Gasteiger charge is 2.33. The van der Waals surface area contributed by atoms with E-state index in [1.54, 1.807) is 30.5 Å². The van der Waals surface area contributed by atoms with E-state index in [4.69, 9.17) is 15.9 Å². The van der Waals surface area contributed by atoms with Crippen molar-refractivity contribution >= 4 is 27.5 Å². The van der Waals surface area contributed by atoms with Crippen molar-refractivity contribution < 1.29 is 27.0 Å². The number of methoxy groups -OCH3 is 1. The lowest BCUT2D eigenvalue weighted by atomic mass is 9.96. The van der Waals surface area contributed by atoms with Crippen molar-refractivity contribution in [2.75, 3.05) is 51.4 Å². The summed E-state index contributed by atoms with van der Waals surface area (Å²) < 4.78 is 65.7. The van der Waals surface area contributed by atoms with E-state index in [2.05, 4.69) is 32.7 Å². The molecular weight excluding hydrogens is 586 g/mol. The topological polar surface area (TPSA) is 63.6 Å². The predicted octanol–water partition coefficient (Wildman–Crippen LogP) is 6.59. The third-order valence-corrected chi connectivity index (χ3v) is 8.60. The van der Waals surface area contributed by atoms with Crippen LogP contribution in [0, 0.1) is 29.9 Å². The van der Waals surface area contributed by atoms with Crippen molar-refractivity contribution in [1.82, 2.24) is 19.9 Å². The van der Waals surface area contributed by atoms with Crippen molar-refractivity contribution in [1.29, 1.82) is 0 Å². The van der Waals surface area contributed by atoms with E-state index >= 15 is 4.39 Å². The number of fused-ring (bicyclic) bond motifs is 3. The maximum Gasteiger partial charge on any atom is 0.318 e. The molecule has 0 radical (unpaired) electrons. The number of nitrogens with zero attached hydrogens (tertiary/aromatic N) is 5. The quantitative estimate of drug-likeness (QED) is 0.189. The number of ether oxygens (including phenoxy) is 2. The lowest BCUT2D eigenvalue weighted by Gasteiger charge is -2.24. The van der Waals surface area contributed by atoms with Gasteiger partial charge in [0.05, 0.1) is 31.3 Å². The molecule has 5 heterocycles. The number of terminal acetylenes is 1. The molecule has 3 saturated heterocycles. The first-order chi connectivity index (χ1) is 21.8. The predicted molar refractivity (Wildman–Crippen MR) is 165 cm³/mol. The van der Waals surface area contributed by atoms with E-state index in [1.807, 2.05) is 4.90 Å². The number of rotatable bonds is 3. The third-order valence-electron chi connectivity index (χ3n) is 8.60. The molecule has 11 heteroatoms. The molecule has 0 saturated carbocycles. The molecule has 2 aromatic heterocycles. The lowest BCUT2D eigenvalue weighted by Crippen LogP contribution is -2.30. The van der Waals surface area contributed by atoms with Crippen LogP contribution in [-0.2, 0) is 4.74 Å². The Hall–Kier alpha value is -4.27. The van der Waals surface area contributed by atoms with Crippen LogP contribution in [-0.4, -0.2) is 72.4 Å². The highest BCUT2D eigenvalue weighted by Crippen LogP contribution is 2.37. The van der Waals surface area contributed by atoms with Gasteiger partial charge in [-0.05, 0) is 43.2 Å². The van der Waals surface area contributed by atoms with Gasteiger partial charge in [0, 0.05) is 48.4 Å². The van der Waals surface area contributed by atoms with Crippen LogP contribution < -0.4 is 9.64 Å². The van der Waals surface area contributed by atoms with Crippen molar-refractivity contribution in [2.45, 2.75) is 32.2 Å². The second-order valence-corrected chi connectivity index (χ2v) is 11.6. The van der Waals surface area contributed by atoms with Crippen LogP contribution in [0.25, 0.3) is 32.9 Å². The second kappa shape index (κ2) is 13.0. The molecule has 3 fully saturated rings. The summed E-state index contributed by atoms with van der Waals surface area (Å²) in [5.41, 5.74) is 0.920. The summed E-state index contributed by atoms with van der Waals surface area (Å²) in [5.74, 6) is 1.99. The van der Waals surface area contributed by atoms with E-state index < -0.39 is 17.7 Å². The molecular formula is C34H33F4N5O2. The van der Waals surface area contributed by atoms with Gasteiger partial charge in [0.1, 0.15) is 22.8 Å². The number of pyridine rings is 1. The van der Waals surface area contributed by atoms with Crippen molar-refractivity contribution in [3.05, 3.63) is 65.4 Å². The van der Waals surface area contributed by atoms with Gasteiger partial charge in [0.15, 0.2) is 5.82 Å². The smallest absolute Gasteiger partial charge is 0.318 e. The van der Waals surface area contributed by atoms with Crippen molar-refractivity contribution in [3.63, 3.8) is 0 Å². The Morgan fingerprint density at radius 2 is 1.98 bits per heavy atom. The number of hydrogen-bond donors (Lipinski definition) is 0. The van der Waals surface area contributed by atoms with Crippen LogP contribution in [0.2, 0.25) is 0 Å². The average Bonchev–Trinajstić information content (AvgIpc) is 3.59. The molecule has 2 aromatic carbocycles. The number of anilines is 1. The first-order valence-electron chi connectivity index (χ1n) is 15.0.